The van der Waals surface area contributed by atoms with Crippen molar-refractivity contribution < 1.29 is 4.92 Å². The van der Waals surface area contributed by atoms with Crippen LogP contribution in [0.2, 0.25) is 10.0 Å². The maximum atomic E-state index is 10.8. The standard InChI is InChI=1S/C14H12Cl2N2O2/c1-9-5-14(18(19)20)12(16)7-13(9)17-8-10-3-2-4-11(15)6-10/h2-7,17H,8H2,1H3. The van der Waals surface area contributed by atoms with E-state index in [0.717, 1.165) is 16.8 Å². The SMILES string of the molecule is Cc1cc([N+](=O)[O-])c(Cl)cc1NCc1cccc(Cl)c1. The highest BCUT2D eigenvalue weighted by atomic mass is 35.5. The van der Waals surface area contributed by atoms with Crippen LogP contribution in [0.1, 0.15) is 11.1 Å². The maximum Gasteiger partial charge on any atom is 0.288 e. The predicted molar refractivity (Wildman–Crippen MR) is 81.6 cm³/mol. The Morgan fingerprint density at radius 2 is 2.00 bits per heavy atom. The number of nitrogens with one attached hydrogen (secondary N) is 1. The summed E-state index contributed by atoms with van der Waals surface area (Å²) >= 11 is 11.8. The third-order valence-corrected chi connectivity index (χ3v) is 3.40. The van der Waals surface area contributed by atoms with Crippen molar-refractivity contribution in [3.05, 3.63) is 67.7 Å². The van der Waals surface area contributed by atoms with Crippen LogP contribution in [0.3, 0.4) is 0 Å². The molecule has 2 aromatic rings. The molecule has 0 aliphatic carbocycles. The zero-order valence-electron chi connectivity index (χ0n) is 10.7. The zero-order valence-corrected chi connectivity index (χ0v) is 12.2. The fourth-order valence-corrected chi connectivity index (χ4v) is 2.29. The van der Waals surface area contributed by atoms with Crippen molar-refractivity contribution in [3.63, 3.8) is 0 Å². The number of rotatable bonds is 4. The summed E-state index contributed by atoms with van der Waals surface area (Å²) in [5, 5.41) is 14.8. The molecule has 1 N–H and O–H groups in total. The van der Waals surface area contributed by atoms with Crippen molar-refractivity contribution >= 4 is 34.6 Å². The van der Waals surface area contributed by atoms with Crippen molar-refractivity contribution in [1.82, 2.24) is 0 Å². The third kappa shape index (κ3) is 3.40. The van der Waals surface area contributed by atoms with Crippen LogP contribution in [0.15, 0.2) is 36.4 Å². The van der Waals surface area contributed by atoms with Crippen LogP contribution in [-0.2, 0) is 6.54 Å². The average molecular weight is 311 g/mol. The van der Waals surface area contributed by atoms with E-state index in [1.54, 1.807) is 19.1 Å². The fraction of sp³-hybridized carbons (Fsp3) is 0.143. The summed E-state index contributed by atoms with van der Waals surface area (Å²) in [4.78, 5) is 10.3. The molecule has 0 bridgehead atoms. The Morgan fingerprint density at radius 1 is 1.25 bits per heavy atom. The topological polar surface area (TPSA) is 55.2 Å². The molecule has 20 heavy (non-hydrogen) atoms. The summed E-state index contributed by atoms with van der Waals surface area (Å²) in [5.74, 6) is 0. The third-order valence-electron chi connectivity index (χ3n) is 2.86. The number of nitrogens with zero attached hydrogens (tertiary/aromatic N) is 1. The van der Waals surface area contributed by atoms with Gasteiger partial charge in [0.25, 0.3) is 5.69 Å². The second-order valence-corrected chi connectivity index (χ2v) is 5.20. The van der Waals surface area contributed by atoms with Gasteiger partial charge < -0.3 is 5.32 Å². The summed E-state index contributed by atoms with van der Waals surface area (Å²) in [6.07, 6.45) is 0. The molecule has 0 saturated heterocycles. The molecule has 104 valence electrons. The van der Waals surface area contributed by atoms with Gasteiger partial charge in [0.15, 0.2) is 0 Å². The van der Waals surface area contributed by atoms with E-state index in [9.17, 15) is 10.1 Å². The smallest absolute Gasteiger partial charge is 0.288 e. The van der Waals surface area contributed by atoms with Gasteiger partial charge in [-0.15, -0.1) is 0 Å². The van der Waals surface area contributed by atoms with Gasteiger partial charge in [-0.3, -0.25) is 10.1 Å². The van der Waals surface area contributed by atoms with Gasteiger partial charge in [-0.1, -0.05) is 35.3 Å². The highest BCUT2D eigenvalue weighted by Gasteiger charge is 2.14. The molecule has 0 fully saturated rings. The first-order valence-corrected chi connectivity index (χ1v) is 6.66. The average Bonchev–Trinajstić information content (AvgIpc) is 2.39. The normalized spacial score (nSPS) is 10.3. The van der Waals surface area contributed by atoms with E-state index in [2.05, 4.69) is 5.32 Å². The first-order valence-electron chi connectivity index (χ1n) is 5.90. The van der Waals surface area contributed by atoms with Crippen LogP contribution in [0, 0.1) is 17.0 Å². The molecule has 2 rings (SSSR count). The van der Waals surface area contributed by atoms with Gasteiger partial charge in [-0.25, -0.2) is 0 Å². The molecule has 0 aliphatic heterocycles. The summed E-state index contributed by atoms with van der Waals surface area (Å²) in [6, 6.07) is 10.5. The van der Waals surface area contributed by atoms with Crippen LogP contribution in [0.25, 0.3) is 0 Å². The van der Waals surface area contributed by atoms with Crippen LogP contribution < -0.4 is 5.32 Å². The Kier molecular flexibility index (Phi) is 4.47. The molecule has 0 atom stereocenters. The number of nitro groups is 1. The molecule has 4 nitrogen and oxygen atoms in total. The summed E-state index contributed by atoms with van der Waals surface area (Å²) in [5.41, 5.74) is 2.47. The van der Waals surface area contributed by atoms with E-state index in [0.29, 0.717) is 11.6 Å². The number of halogens is 2. The van der Waals surface area contributed by atoms with E-state index in [1.165, 1.54) is 6.07 Å². The van der Waals surface area contributed by atoms with E-state index in [1.807, 2.05) is 18.2 Å². The van der Waals surface area contributed by atoms with Gasteiger partial charge in [0.2, 0.25) is 0 Å². The Balaban J connectivity index is 2.18. The summed E-state index contributed by atoms with van der Waals surface area (Å²) in [7, 11) is 0. The number of hydrogen-bond donors (Lipinski definition) is 1. The van der Waals surface area contributed by atoms with E-state index in [4.69, 9.17) is 23.2 Å². The number of hydrogen-bond acceptors (Lipinski definition) is 3. The minimum absolute atomic E-state index is 0.0857. The highest BCUT2D eigenvalue weighted by Crippen LogP contribution is 2.30. The molecular formula is C14H12Cl2N2O2. The Labute approximate surface area is 126 Å². The van der Waals surface area contributed by atoms with Gasteiger partial charge in [0, 0.05) is 23.3 Å². The van der Waals surface area contributed by atoms with E-state index in [-0.39, 0.29) is 10.7 Å². The minimum atomic E-state index is -0.490. The predicted octanol–water partition coefficient (Wildman–Crippen LogP) is 4.82. The molecule has 0 unspecified atom stereocenters. The van der Waals surface area contributed by atoms with Gasteiger partial charge in [0.05, 0.1) is 4.92 Å². The van der Waals surface area contributed by atoms with Crippen molar-refractivity contribution in [2.75, 3.05) is 5.32 Å². The largest absolute Gasteiger partial charge is 0.381 e. The summed E-state index contributed by atoms with van der Waals surface area (Å²) in [6.45, 7) is 2.36. The Bertz CT molecular complexity index is 660. The number of nitro benzene ring substituents is 1. The highest BCUT2D eigenvalue weighted by molar-refractivity contribution is 6.33. The Hall–Kier alpha value is -1.78. The molecule has 2 aromatic carbocycles. The quantitative estimate of drug-likeness (QED) is 0.650. The molecule has 0 amide bonds. The van der Waals surface area contributed by atoms with Crippen LogP contribution in [0.5, 0.6) is 0 Å². The van der Waals surface area contributed by atoms with Crippen LogP contribution in [-0.4, -0.2) is 4.92 Å². The second-order valence-electron chi connectivity index (χ2n) is 4.36. The van der Waals surface area contributed by atoms with Crippen LogP contribution in [0.4, 0.5) is 11.4 Å². The van der Waals surface area contributed by atoms with Crippen molar-refractivity contribution in [2.45, 2.75) is 13.5 Å². The number of aryl methyl sites for hydroxylation is 1. The molecule has 0 aromatic heterocycles. The fourth-order valence-electron chi connectivity index (χ4n) is 1.84. The molecule has 0 radical (unpaired) electrons. The van der Waals surface area contributed by atoms with Gasteiger partial charge in [-0.2, -0.15) is 0 Å². The van der Waals surface area contributed by atoms with Crippen molar-refractivity contribution in [2.24, 2.45) is 0 Å². The summed E-state index contributed by atoms with van der Waals surface area (Å²) < 4.78 is 0. The maximum absolute atomic E-state index is 10.8. The van der Waals surface area contributed by atoms with Crippen LogP contribution >= 0.6 is 23.2 Å². The van der Waals surface area contributed by atoms with E-state index >= 15 is 0 Å². The lowest BCUT2D eigenvalue weighted by molar-refractivity contribution is -0.384. The second kappa shape index (κ2) is 6.11. The molecule has 0 aliphatic rings. The van der Waals surface area contributed by atoms with Gasteiger partial charge in [-0.05, 0) is 36.2 Å². The van der Waals surface area contributed by atoms with E-state index < -0.39 is 4.92 Å². The lowest BCUT2D eigenvalue weighted by Gasteiger charge is -2.10. The first kappa shape index (κ1) is 14.6. The van der Waals surface area contributed by atoms with Crippen molar-refractivity contribution in [1.29, 1.82) is 0 Å². The van der Waals surface area contributed by atoms with Gasteiger partial charge >= 0.3 is 0 Å². The lowest BCUT2D eigenvalue weighted by atomic mass is 10.1. The molecule has 0 spiro atoms. The first-order chi connectivity index (χ1) is 9.47. The monoisotopic (exact) mass is 310 g/mol. The minimum Gasteiger partial charge on any atom is -0.381 e. The Morgan fingerprint density at radius 3 is 2.65 bits per heavy atom. The number of benzene rings is 2. The molecular weight excluding hydrogens is 299 g/mol. The molecule has 6 heteroatoms. The number of anilines is 1. The molecule has 0 saturated carbocycles. The lowest BCUT2D eigenvalue weighted by Crippen LogP contribution is -2.02. The zero-order chi connectivity index (χ0) is 14.7. The molecule has 0 heterocycles. The van der Waals surface area contributed by atoms with Crippen molar-refractivity contribution in [3.8, 4) is 0 Å². The van der Waals surface area contributed by atoms with Gasteiger partial charge in [0.1, 0.15) is 5.02 Å².